The molecule has 3 rings (SSSR count). The highest BCUT2D eigenvalue weighted by Gasteiger charge is 2.48. The largest absolute Gasteiger partial charge is 0.294 e. The second-order valence-corrected chi connectivity index (χ2v) is 6.40. The van der Waals surface area contributed by atoms with Crippen molar-refractivity contribution in [1.82, 2.24) is 10.7 Å². The number of rotatable bonds is 1. The van der Waals surface area contributed by atoms with Gasteiger partial charge in [0.2, 0.25) is 0 Å². The molecule has 1 aliphatic heterocycles. The Balaban J connectivity index is 2.07. The minimum Gasteiger partial charge on any atom is -0.294 e. The van der Waals surface area contributed by atoms with Crippen LogP contribution in [-0.2, 0) is 16.8 Å². The summed E-state index contributed by atoms with van der Waals surface area (Å²) in [6.07, 6.45) is 7.04. The molecule has 1 heterocycles. The number of amides is 1. The first-order valence-electron chi connectivity index (χ1n) is 7.48. The van der Waals surface area contributed by atoms with Gasteiger partial charge in [0, 0.05) is 5.54 Å². The van der Waals surface area contributed by atoms with Crippen molar-refractivity contribution in [2.75, 3.05) is 0 Å². The van der Waals surface area contributed by atoms with E-state index in [1.54, 1.807) is 0 Å². The van der Waals surface area contributed by atoms with Crippen LogP contribution in [0.15, 0.2) is 24.3 Å². The molecule has 0 radical (unpaired) electrons. The first-order valence-corrected chi connectivity index (χ1v) is 7.48. The maximum Gasteiger partial charge on any atom is 0.258 e. The van der Waals surface area contributed by atoms with Crippen LogP contribution >= 0.6 is 0 Å². The van der Waals surface area contributed by atoms with E-state index in [0.29, 0.717) is 0 Å². The lowest BCUT2D eigenvalue weighted by atomic mass is 9.69. The molecule has 1 aromatic rings. The molecule has 1 aliphatic carbocycles. The molecule has 0 unspecified atom stereocenters. The smallest absolute Gasteiger partial charge is 0.258 e. The van der Waals surface area contributed by atoms with Gasteiger partial charge in [-0.2, -0.15) is 0 Å². The van der Waals surface area contributed by atoms with Crippen LogP contribution < -0.4 is 16.6 Å². The van der Waals surface area contributed by atoms with E-state index in [1.165, 1.54) is 24.8 Å². The average molecular weight is 273 g/mol. The highest BCUT2D eigenvalue weighted by molar-refractivity contribution is 5.87. The number of carbonyl (C=O) groups is 1. The zero-order valence-electron chi connectivity index (χ0n) is 12.0. The van der Waals surface area contributed by atoms with E-state index < -0.39 is 5.54 Å². The molecule has 2 aliphatic rings. The van der Waals surface area contributed by atoms with Crippen LogP contribution in [0.5, 0.6) is 0 Å². The molecule has 108 valence electrons. The third-order valence-electron chi connectivity index (χ3n) is 5.00. The molecular weight excluding hydrogens is 250 g/mol. The summed E-state index contributed by atoms with van der Waals surface area (Å²) in [5.41, 5.74) is 3.98. The Kier molecular flexibility index (Phi) is 3.30. The third kappa shape index (κ3) is 2.03. The van der Waals surface area contributed by atoms with Gasteiger partial charge in [0.15, 0.2) is 0 Å². The minimum absolute atomic E-state index is 0.0495. The Hall–Kier alpha value is -1.39. The van der Waals surface area contributed by atoms with Gasteiger partial charge in [-0.15, -0.1) is 0 Å². The van der Waals surface area contributed by atoms with Crippen LogP contribution in [0, 0.1) is 0 Å². The maximum absolute atomic E-state index is 12.4. The Bertz CT molecular complexity index is 522. The molecule has 1 atom stereocenters. The van der Waals surface area contributed by atoms with E-state index >= 15 is 0 Å². The summed E-state index contributed by atoms with van der Waals surface area (Å²) >= 11 is 0. The van der Waals surface area contributed by atoms with Crippen molar-refractivity contribution in [3.63, 3.8) is 0 Å². The number of hydrogen-bond acceptors (Lipinski definition) is 3. The fraction of sp³-hybridized carbons (Fsp3) is 0.562. The summed E-state index contributed by atoms with van der Waals surface area (Å²) in [5, 5.41) is 3.66. The third-order valence-corrected chi connectivity index (χ3v) is 5.00. The normalized spacial score (nSPS) is 27.9. The molecule has 1 aromatic carbocycles. The second kappa shape index (κ2) is 4.86. The molecule has 1 spiro atoms. The number of nitrogens with one attached hydrogen (secondary N) is 2. The van der Waals surface area contributed by atoms with Gasteiger partial charge in [0.05, 0.1) is 0 Å². The minimum atomic E-state index is -0.735. The molecule has 0 aromatic heterocycles. The molecule has 0 saturated heterocycles. The van der Waals surface area contributed by atoms with Crippen molar-refractivity contribution >= 4 is 5.91 Å². The van der Waals surface area contributed by atoms with Gasteiger partial charge in [-0.25, -0.2) is 5.84 Å². The molecular formula is C16H23N3O. The van der Waals surface area contributed by atoms with Gasteiger partial charge in [0.1, 0.15) is 5.54 Å². The molecule has 4 N–H and O–H groups in total. The van der Waals surface area contributed by atoms with Crippen molar-refractivity contribution < 1.29 is 4.79 Å². The van der Waals surface area contributed by atoms with E-state index in [1.807, 2.05) is 19.1 Å². The molecule has 4 nitrogen and oxygen atoms in total. The summed E-state index contributed by atoms with van der Waals surface area (Å²) < 4.78 is 0. The van der Waals surface area contributed by atoms with Crippen molar-refractivity contribution in [3.8, 4) is 0 Å². The molecule has 0 bridgehead atoms. The monoisotopic (exact) mass is 273 g/mol. The van der Waals surface area contributed by atoms with E-state index in [4.69, 9.17) is 5.84 Å². The summed E-state index contributed by atoms with van der Waals surface area (Å²) in [6.45, 7) is 1.95. The summed E-state index contributed by atoms with van der Waals surface area (Å²) in [5.74, 6) is 5.27. The lowest BCUT2D eigenvalue weighted by molar-refractivity contribution is -0.129. The number of hydrogen-bond donors (Lipinski definition) is 3. The van der Waals surface area contributed by atoms with E-state index in [9.17, 15) is 4.79 Å². The standard InChI is InChI=1S/C16H23N3O/c1-15(14(20)18-17)13-8-4-3-7-12(13)11-16(19-15)9-5-2-6-10-16/h3-4,7-8,19H,2,5-6,9-11,17H2,1H3,(H,18,20)/t15-/m1/s1. The Labute approximate surface area is 120 Å². The van der Waals surface area contributed by atoms with Crippen LogP contribution in [0.3, 0.4) is 0 Å². The molecule has 20 heavy (non-hydrogen) atoms. The van der Waals surface area contributed by atoms with Crippen LogP contribution in [0.25, 0.3) is 0 Å². The number of fused-ring (bicyclic) bond motifs is 1. The molecule has 4 heteroatoms. The van der Waals surface area contributed by atoms with Gasteiger partial charge in [-0.1, -0.05) is 43.5 Å². The number of carbonyl (C=O) groups excluding carboxylic acids is 1. The first kappa shape index (κ1) is 13.6. The predicted octanol–water partition coefficient (Wildman–Crippen LogP) is 1.74. The Morgan fingerprint density at radius 2 is 1.95 bits per heavy atom. The van der Waals surface area contributed by atoms with Crippen LogP contribution in [-0.4, -0.2) is 11.4 Å². The molecule has 1 amide bonds. The Morgan fingerprint density at radius 1 is 1.25 bits per heavy atom. The summed E-state index contributed by atoms with van der Waals surface area (Å²) in [4.78, 5) is 12.4. The van der Waals surface area contributed by atoms with Crippen LogP contribution in [0.4, 0.5) is 0 Å². The lowest BCUT2D eigenvalue weighted by Crippen LogP contribution is -2.66. The van der Waals surface area contributed by atoms with Crippen LogP contribution in [0.1, 0.15) is 50.2 Å². The van der Waals surface area contributed by atoms with E-state index in [-0.39, 0.29) is 11.4 Å². The number of nitrogens with two attached hydrogens (primary N) is 1. The van der Waals surface area contributed by atoms with Gasteiger partial charge >= 0.3 is 0 Å². The fourth-order valence-corrected chi connectivity index (χ4v) is 4.02. The SMILES string of the molecule is C[C@@]1(C(=O)NN)NC2(CCCCC2)Cc2ccccc21. The highest BCUT2D eigenvalue weighted by Crippen LogP contribution is 2.41. The van der Waals surface area contributed by atoms with Gasteiger partial charge < -0.3 is 0 Å². The van der Waals surface area contributed by atoms with E-state index in [2.05, 4.69) is 22.9 Å². The predicted molar refractivity (Wildman–Crippen MR) is 78.8 cm³/mol. The van der Waals surface area contributed by atoms with Crippen molar-refractivity contribution in [2.45, 2.75) is 56.5 Å². The molecule has 1 saturated carbocycles. The van der Waals surface area contributed by atoms with Crippen LogP contribution in [0.2, 0.25) is 0 Å². The quantitative estimate of drug-likeness (QED) is 0.415. The number of benzene rings is 1. The van der Waals surface area contributed by atoms with E-state index in [0.717, 1.165) is 24.8 Å². The Morgan fingerprint density at radius 3 is 2.65 bits per heavy atom. The fourth-order valence-electron chi connectivity index (χ4n) is 4.02. The van der Waals surface area contributed by atoms with Gasteiger partial charge in [0.25, 0.3) is 5.91 Å². The maximum atomic E-state index is 12.4. The average Bonchev–Trinajstić information content (AvgIpc) is 2.47. The lowest BCUT2D eigenvalue weighted by Gasteiger charge is -2.49. The summed E-state index contributed by atoms with van der Waals surface area (Å²) in [6, 6.07) is 8.23. The topological polar surface area (TPSA) is 67.2 Å². The van der Waals surface area contributed by atoms with Gasteiger partial charge in [-0.05, 0) is 37.3 Å². The highest BCUT2D eigenvalue weighted by atomic mass is 16.2. The zero-order valence-corrected chi connectivity index (χ0v) is 12.0. The number of hydrazine groups is 1. The molecule has 1 fully saturated rings. The van der Waals surface area contributed by atoms with Crippen molar-refractivity contribution in [1.29, 1.82) is 0 Å². The zero-order chi connectivity index (χ0) is 14.2. The van der Waals surface area contributed by atoms with Crippen molar-refractivity contribution in [3.05, 3.63) is 35.4 Å². The second-order valence-electron chi connectivity index (χ2n) is 6.40. The van der Waals surface area contributed by atoms with Gasteiger partial charge in [-0.3, -0.25) is 15.5 Å². The van der Waals surface area contributed by atoms with Crippen molar-refractivity contribution in [2.24, 2.45) is 5.84 Å². The first-order chi connectivity index (χ1) is 9.60. The summed E-state index contributed by atoms with van der Waals surface area (Å²) in [7, 11) is 0.